The van der Waals surface area contributed by atoms with Gasteiger partial charge in [-0.05, 0) is 62.7 Å². The minimum atomic E-state index is -0.793. The summed E-state index contributed by atoms with van der Waals surface area (Å²) in [7, 11) is 0. The van der Waals surface area contributed by atoms with Gasteiger partial charge in [-0.15, -0.1) is 0 Å². The van der Waals surface area contributed by atoms with E-state index in [0.717, 1.165) is 45.4 Å². The molecule has 0 spiro atoms. The molecular formula is C22H32N4O. The average Bonchev–Trinajstić information content (AvgIpc) is 3.06. The summed E-state index contributed by atoms with van der Waals surface area (Å²) in [6.07, 6.45) is 3.42. The Kier molecular flexibility index (Phi) is 6.06. The molecule has 0 radical (unpaired) electrons. The molecule has 2 heterocycles. The molecule has 2 aliphatic heterocycles. The van der Waals surface area contributed by atoms with Crippen LogP contribution < -0.4 is 10.2 Å². The molecule has 1 amide bonds. The van der Waals surface area contributed by atoms with Crippen molar-refractivity contribution in [2.45, 2.75) is 45.6 Å². The number of nitrogens with one attached hydrogen (secondary N) is 1. The summed E-state index contributed by atoms with van der Waals surface area (Å²) in [6, 6.07) is 11.0. The first-order chi connectivity index (χ1) is 12.9. The maximum Gasteiger partial charge on any atom is 0.235 e. The predicted octanol–water partition coefficient (Wildman–Crippen LogP) is 2.82. The van der Waals surface area contributed by atoms with Crippen LogP contribution in [0, 0.1) is 23.2 Å². The predicted molar refractivity (Wildman–Crippen MR) is 109 cm³/mol. The highest BCUT2D eigenvalue weighted by Gasteiger charge is 2.31. The lowest BCUT2D eigenvalue weighted by Gasteiger charge is -2.35. The highest BCUT2D eigenvalue weighted by Crippen LogP contribution is 2.30. The van der Waals surface area contributed by atoms with Gasteiger partial charge in [0.2, 0.25) is 5.91 Å². The Bertz CT molecular complexity index is 703. The van der Waals surface area contributed by atoms with Gasteiger partial charge in [-0.3, -0.25) is 9.69 Å². The molecule has 5 heteroatoms. The zero-order valence-electron chi connectivity index (χ0n) is 16.9. The molecule has 0 saturated carbocycles. The second kappa shape index (κ2) is 8.31. The number of amides is 1. The second-order valence-corrected chi connectivity index (χ2v) is 8.56. The fraction of sp³-hybridized carbons (Fsp3) is 0.636. The highest BCUT2D eigenvalue weighted by molar-refractivity contribution is 5.79. The van der Waals surface area contributed by atoms with E-state index in [-0.39, 0.29) is 11.8 Å². The van der Waals surface area contributed by atoms with Crippen molar-refractivity contribution in [2.75, 3.05) is 37.6 Å². The van der Waals surface area contributed by atoms with E-state index in [1.807, 2.05) is 13.8 Å². The Morgan fingerprint density at radius 1 is 1.30 bits per heavy atom. The van der Waals surface area contributed by atoms with Gasteiger partial charge >= 0.3 is 0 Å². The molecule has 146 valence electrons. The zero-order valence-corrected chi connectivity index (χ0v) is 16.9. The molecule has 1 atom stereocenters. The van der Waals surface area contributed by atoms with Gasteiger partial charge in [-0.2, -0.15) is 5.26 Å². The van der Waals surface area contributed by atoms with Crippen molar-refractivity contribution in [3.8, 4) is 6.07 Å². The van der Waals surface area contributed by atoms with E-state index in [4.69, 9.17) is 0 Å². The maximum atomic E-state index is 12.4. The third kappa shape index (κ3) is 4.62. The Morgan fingerprint density at radius 2 is 2.00 bits per heavy atom. The van der Waals surface area contributed by atoms with Crippen molar-refractivity contribution >= 4 is 11.6 Å². The smallest absolute Gasteiger partial charge is 0.235 e. The van der Waals surface area contributed by atoms with E-state index in [1.165, 1.54) is 11.3 Å². The number of rotatable bonds is 6. The van der Waals surface area contributed by atoms with Crippen LogP contribution in [0.25, 0.3) is 0 Å². The number of hydrogen-bond donors (Lipinski definition) is 1. The number of carbonyl (C=O) groups excluding carboxylic acids is 1. The van der Waals surface area contributed by atoms with Gasteiger partial charge in [0, 0.05) is 18.8 Å². The molecule has 1 saturated heterocycles. The summed E-state index contributed by atoms with van der Waals surface area (Å²) in [5.41, 5.74) is 2.08. The number of piperidine rings is 1. The van der Waals surface area contributed by atoms with E-state index >= 15 is 0 Å². The number of fused-ring (bicyclic) bond motifs is 1. The van der Waals surface area contributed by atoms with Crippen molar-refractivity contribution in [3.63, 3.8) is 0 Å². The van der Waals surface area contributed by atoms with Gasteiger partial charge in [0.15, 0.2) is 0 Å². The van der Waals surface area contributed by atoms with Crippen LogP contribution in [0.4, 0.5) is 5.69 Å². The molecule has 1 aromatic rings. The molecule has 0 aromatic heterocycles. The largest absolute Gasteiger partial charge is 0.371 e. The van der Waals surface area contributed by atoms with Crippen molar-refractivity contribution in [3.05, 3.63) is 29.8 Å². The van der Waals surface area contributed by atoms with Crippen LogP contribution >= 0.6 is 0 Å². The second-order valence-electron chi connectivity index (χ2n) is 8.56. The summed E-state index contributed by atoms with van der Waals surface area (Å²) in [4.78, 5) is 17.1. The molecule has 0 aliphatic carbocycles. The summed E-state index contributed by atoms with van der Waals surface area (Å²) in [6.45, 7) is 10.3. The molecule has 1 aromatic carbocycles. The van der Waals surface area contributed by atoms with E-state index in [2.05, 4.69) is 45.5 Å². The summed E-state index contributed by atoms with van der Waals surface area (Å²) < 4.78 is 0. The number of hydrogen-bond acceptors (Lipinski definition) is 4. The molecule has 1 fully saturated rings. The molecule has 5 nitrogen and oxygen atoms in total. The molecule has 3 rings (SSSR count). The fourth-order valence-corrected chi connectivity index (χ4v) is 4.07. The molecular weight excluding hydrogens is 336 g/mol. The number of carbonyl (C=O) groups is 1. The van der Waals surface area contributed by atoms with Gasteiger partial charge in [0.05, 0.1) is 12.6 Å². The lowest BCUT2D eigenvalue weighted by molar-refractivity contribution is -0.124. The first-order valence-electron chi connectivity index (χ1n) is 10.2. The minimum absolute atomic E-state index is 0.0420. The zero-order chi connectivity index (χ0) is 19.4. The first kappa shape index (κ1) is 19.7. The monoisotopic (exact) mass is 368 g/mol. The van der Waals surface area contributed by atoms with Crippen molar-refractivity contribution in [1.29, 1.82) is 5.26 Å². The number of anilines is 1. The van der Waals surface area contributed by atoms with Crippen LogP contribution in [0.2, 0.25) is 0 Å². The number of likely N-dealkylation sites (tertiary alicyclic amines) is 1. The number of nitriles is 1. The average molecular weight is 369 g/mol. The minimum Gasteiger partial charge on any atom is -0.371 e. The van der Waals surface area contributed by atoms with Crippen molar-refractivity contribution in [2.24, 2.45) is 11.8 Å². The van der Waals surface area contributed by atoms with Gasteiger partial charge < -0.3 is 10.2 Å². The maximum absolute atomic E-state index is 12.4. The Morgan fingerprint density at radius 3 is 2.67 bits per heavy atom. The Hall–Kier alpha value is -2.06. The van der Waals surface area contributed by atoms with Gasteiger partial charge in [0.25, 0.3) is 0 Å². The molecule has 27 heavy (non-hydrogen) atoms. The Balaban J connectivity index is 1.44. The number of benzene rings is 1. The van der Waals surface area contributed by atoms with Crippen LogP contribution in [0.5, 0.6) is 0 Å². The lowest BCUT2D eigenvalue weighted by Crippen LogP contribution is -2.52. The molecule has 1 unspecified atom stereocenters. The summed E-state index contributed by atoms with van der Waals surface area (Å²) >= 11 is 0. The van der Waals surface area contributed by atoms with Crippen molar-refractivity contribution < 1.29 is 4.79 Å². The van der Waals surface area contributed by atoms with E-state index < -0.39 is 5.54 Å². The van der Waals surface area contributed by atoms with Gasteiger partial charge in [-0.1, -0.05) is 32.0 Å². The van der Waals surface area contributed by atoms with Gasteiger partial charge in [-0.25, -0.2) is 0 Å². The quantitative estimate of drug-likeness (QED) is 0.839. The van der Waals surface area contributed by atoms with E-state index in [1.54, 1.807) is 6.92 Å². The van der Waals surface area contributed by atoms with E-state index in [0.29, 0.717) is 12.5 Å². The third-order valence-electron chi connectivity index (χ3n) is 6.32. The number of nitrogens with zero attached hydrogens (tertiary/aromatic N) is 3. The lowest BCUT2D eigenvalue weighted by atomic mass is 9.90. The fourth-order valence-electron chi connectivity index (χ4n) is 4.07. The van der Waals surface area contributed by atoms with Crippen LogP contribution in [-0.2, 0) is 11.2 Å². The first-order valence-corrected chi connectivity index (χ1v) is 10.2. The number of para-hydroxylation sites is 1. The molecule has 0 bridgehead atoms. The van der Waals surface area contributed by atoms with Gasteiger partial charge in [0.1, 0.15) is 5.54 Å². The Labute approximate surface area is 163 Å². The topological polar surface area (TPSA) is 59.4 Å². The summed E-state index contributed by atoms with van der Waals surface area (Å²) in [5, 5.41) is 12.3. The molecule has 2 aliphatic rings. The van der Waals surface area contributed by atoms with Crippen LogP contribution in [0.3, 0.4) is 0 Å². The third-order valence-corrected chi connectivity index (χ3v) is 6.32. The van der Waals surface area contributed by atoms with Crippen LogP contribution in [0.15, 0.2) is 24.3 Å². The standard InChI is InChI=1S/C22H32N4O/c1-17(2)22(3,16-23)24-21(27)15-25-11-8-18(9-12-25)14-26-13-10-19-6-4-5-7-20(19)26/h4-7,17-18H,8-15H2,1-3H3,(H,24,27). The van der Waals surface area contributed by atoms with Crippen LogP contribution in [0.1, 0.15) is 39.2 Å². The van der Waals surface area contributed by atoms with Crippen molar-refractivity contribution in [1.82, 2.24) is 10.2 Å². The van der Waals surface area contributed by atoms with Crippen LogP contribution in [-0.4, -0.2) is 49.1 Å². The highest BCUT2D eigenvalue weighted by atomic mass is 16.2. The summed E-state index contributed by atoms with van der Waals surface area (Å²) in [5.74, 6) is 0.732. The normalized spacial score (nSPS) is 20.2. The molecule has 1 N–H and O–H groups in total. The SMILES string of the molecule is CC(C)C(C)(C#N)NC(=O)CN1CCC(CN2CCc3ccccc32)CC1. The van der Waals surface area contributed by atoms with E-state index in [9.17, 15) is 10.1 Å².